The van der Waals surface area contributed by atoms with Crippen molar-refractivity contribution in [3.63, 3.8) is 0 Å². The van der Waals surface area contributed by atoms with E-state index < -0.39 is 10.0 Å². The maximum Gasteiger partial charge on any atom is 0.242 e. The van der Waals surface area contributed by atoms with Crippen molar-refractivity contribution in [1.29, 1.82) is 0 Å². The van der Waals surface area contributed by atoms with Crippen molar-refractivity contribution in [3.8, 4) is 0 Å². The van der Waals surface area contributed by atoms with Gasteiger partial charge in [0.25, 0.3) is 0 Å². The molecular weight excluding hydrogens is 368 g/mol. The van der Waals surface area contributed by atoms with Gasteiger partial charge in [0.1, 0.15) is 17.0 Å². The van der Waals surface area contributed by atoms with Gasteiger partial charge in [0.05, 0.1) is 5.02 Å². The summed E-state index contributed by atoms with van der Waals surface area (Å²) in [5.41, 5.74) is 0. The number of hydrogen-bond acceptors (Lipinski definition) is 4. The van der Waals surface area contributed by atoms with Crippen LogP contribution in [-0.4, -0.2) is 30.1 Å². The van der Waals surface area contributed by atoms with Crippen molar-refractivity contribution in [1.82, 2.24) is 19.9 Å². The van der Waals surface area contributed by atoms with Gasteiger partial charge in [-0.3, -0.25) is 5.10 Å². The quantitative estimate of drug-likeness (QED) is 0.753. The summed E-state index contributed by atoms with van der Waals surface area (Å²) in [6.07, 6.45) is 2.65. The second kappa shape index (κ2) is 6.66. The summed E-state index contributed by atoms with van der Waals surface area (Å²) in [6.45, 7) is 0.301. The summed E-state index contributed by atoms with van der Waals surface area (Å²) in [4.78, 5) is 4.03. The van der Waals surface area contributed by atoms with Gasteiger partial charge >= 0.3 is 0 Å². The largest absolute Gasteiger partial charge is 0.263 e. The van der Waals surface area contributed by atoms with Crippen LogP contribution in [0, 0.1) is 0 Å². The second-order valence-corrected chi connectivity index (χ2v) is 7.07. The average molecular weight is 380 g/mol. The lowest BCUT2D eigenvalue weighted by Gasteiger charge is -2.08. The van der Waals surface area contributed by atoms with E-state index >= 15 is 0 Å². The van der Waals surface area contributed by atoms with Gasteiger partial charge in [-0.05, 0) is 24.6 Å². The minimum Gasteiger partial charge on any atom is -0.263 e. The molecule has 2 aromatic rings. The first-order valence-electron chi connectivity index (χ1n) is 5.78. The van der Waals surface area contributed by atoms with Gasteiger partial charge in [-0.15, -0.1) is 0 Å². The number of aryl methyl sites for hydroxylation is 1. The molecule has 0 atom stereocenters. The number of H-pyrrole nitrogens is 1. The molecule has 1 aromatic heterocycles. The maximum absolute atomic E-state index is 12.1. The molecular formula is C11H12BrClN4O2S. The molecule has 0 unspecified atom stereocenters. The number of aromatic nitrogens is 3. The molecule has 0 aliphatic carbocycles. The van der Waals surface area contributed by atoms with Crippen molar-refractivity contribution < 1.29 is 8.42 Å². The minimum atomic E-state index is -3.60. The van der Waals surface area contributed by atoms with E-state index in [0.29, 0.717) is 19.4 Å². The third-order valence-corrected chi connectivity index (χ3v) is 4.97. The Morgan fingerprint density at radius 3 is 2.85 bits per heavy atom. The molecule has 0 saturated carbocycles. The summed E-state index contributed by atoms with van der Waals surface area (Å²) in [5.74, 6) is 0.728. The highest BCUT2D eigenvalue weighted by atomic mass is 79.9. The van der Waals surface area contributed by atoms with Gasteiger partial charge < -0.3 is 0 Å². The number of benzene rings is 1. The fourth-order valence-electron chi connectivity index (χ4n) is 1.58. The first-order valence-corrected chi connectivity index (χ1v) is 8.43. The number of halogens is 2. The molecule has 0 amide bonds. The predicted molar refractivity (Wildman–Crippen MR) is 79.0 cm³/mol. The van der Waals surface area contributed by atoms with Crippen LogP contribution in [0.1, 0.15) is 12.2 Å². The van der Waals surface area contributed by atoms with Gasteiger partial charge in [0, 0.05) is 17.4 Å². The van der Waals surface area contributed by atoms with E-state index in [1.165, 1.54) is 12.4 Å². The fourth-order valence-corrected chi connectivity index (χ4v) is 3.69. The molecule has 0 saturated heterocycles. The standard InChI is InChI=1S/C11H12BrClN4O2S/c12-8-3-4-10(9(13)6-8)20(18,19)16-5-1-2-11-14-7-15-17-11/h3-4,6-7,16H,1-2,5H2,(H,14,15,17). The Labute approximate surface area is 130 Å². The molecule has 9 heteroatoms. The summed E-state index contributed by atoms with van der Waals surface area (Å²) >= 11 is 9.17. The first-order chi connectivity index (χ1) is 9.49. The molecule has 0 aliphatic rings. The van der Waals surface area contributed by atoms with E-state index in [9.17, 15) is 8.42 Å². The Bertz CT molecular complexity index is 676. The Hall–Kier alpha value is -0.960. The number of hydrogen-bond donors (Lipinski definition) is 2. The molecule has 2 rings (SSSR count). The third kappa shape index (κ3) is 4.02. The number of nitrogens with one attached hydrogen (secondary N) is 2. The van der Waals surface area contributed by atoms with Crippen LogP contribution in [0.5, 0.6) is 0 Å². The zero-order chi connectivity index (χ0) is 14.6. The summed E-state index contributed by atoms with van der Waals surface area (Å²) in [6, 6.07) is 4.64. The Balaban J connectivity index is 1.93. The molecule has 0 radical (unpaired) electrons. The van der Waals surface area contributed by atoms with Crippen LogP contribution in [0.2, 0.25) is 5.02 Å². The maximum atomic E-state index is 12.1. The number of sulfonamides is 1. The number of nitrogens with zero attached hydrogens (tertiary/aromatic N) is 2. The van der Waals surface area contributed by atoms with Crippen LogP contribution in [0.4, 0.5) is 0 Å². The molecule has 2 N–H and O–H groups in total. The fraction of sp³-hybridized carbons (Fsp3) is 0.273. The van der Waals surface area contributed by atoms with Gasteiger partial charge in [0.15, 0.2) is 0 Å². The van der Waals surface area contributed by atoms with Gasteiger partial charge in [-0.2, -0.15) is 5.10 Å². The Kier molecular flexibility index (Phi) is 5.14. The van der Waals surface area contributed by atoms with E-state index in [1.807, 2.05) is 0 Å². The molecule has 0 spiro atoms. The van der Waals surface area contributed by atoms with Gasteiger partial charge in [-0.1, -0.05) is 27.5 Å². The number of rotatable bonds is 6. The Morgan fingerprint density at radius 2 is 2.20 bits per heavy atom. The van der Waals surface area contributed by atoms with E-state index in [2.05, 4.69) is 35.8 Å². The average Bonchev–Trinajstić information content (AvgIpc) is 2.87. The highest BCUT2D eigenvalue weighted by Gasteiger charge is 2.17. The summed E-state index contributed by atoms with van der Waals surface area (Å²) in [5, 5.41) is 6.62. The highest BCUT2D eigenvalue weighted by molar-refractivity contribution is 9.10. The summed E-state index contributed by atoms with van der Waals surface area (Å²) < 4.78 is 27.4. The van der Waals surface area contributed by atoms with Crippen LogP contribution in [0.15, 0.2) is 33.9 Å². The normalized spacial score (nSPS) is 11.7. The predicted octanol–water partition coefficient (Wildman–Crippen LogP) is 2.13. The van der Waals surface area contributed by atoms with Crippen LogP contribution in [0.3, 0.4) is 0 Å². The van der Waals surface area contributed by atoms with Crippen molar-refractivity contribution in [2.45, 2.75) is 17.7 Å². The minimum absolute atomic E-state index is 0.0713. The number of aromatic amines is 1. The topological polar surface area (TPSA) is 87.7 Å². The smallest absolute Gasteiger partial charge is 0.242 e. The van der Waals surface area contributed by atoms with Crippen LogP contribution in [0.25, 0.3) is 0 Å². The highest BCUT2D eigenvalue weighted by Crippen LogP contribution is 2.24. The molecule has 0 aliphatic heterocycles. The van der Waals surface area contributed by atoms with Crippen molar-refractivity contribution in [3.05, 3.63) is 39.8 Å². The summed E-state index contributed by atoms with van der Waals surface area (Å²) in [7, 11) is -3.60. The lowest BCUT2D eigenvalue weighted by Crippen LogP contribution is -2.25. The van der Waals surface area contributed by atoms with Gasteiger partial charge in [0.2, 0.25) is 10.0 Å². The molecule has 1 aromatic carbocycles. The van der Waals surface area contributed by atoms with E-state index in [-0.39, 0.29) is 9.92 Å². The molecule has 20 heavy (non-hydrogen) atoms. The molecule has 6 nitrogen and oxygen atoms in total. The van der Waals surface area contributed by atoms with E-state index in [0.717, 1.165) is 10.3 Å². The third-order valence-electron chi connectivity index (χ3n) is 2.53. The van der Waals surface area contributed by atoms with Crippen LogP contribution in [-0.2, 0) is 16.4 Å². The molecule has 0 fully saturated rings. The SMILES string of the molecule is O=S(=O)(NCCCc1ncn[nH]1)c1ccc(Br)cc1Cl. The van der Waals surface area contributed by atoms with Crippen molar-refractivity contribution in [2.75, 3.05) is 6.54 Å². The zero-order valence-corrected chi connectivity index (χ0v) is 13.5. The van der Waals surface area contributed by atoms with Crippen molar-refractivity contribution >= 4 is 37.6 Å². The van der Waals surface area contributed by atoms with Gasteiger partial charge in [-0.25, -0.2) is 18.1 Å². The van der Waals surface area contributed by atoms with E-state index in [1.54, 1.807) is 12.1 Å². The Morgan fingerprint density at radius 1 is 1.40 bits per heavy atom. The first kappa shape index (κ1) is 15.4. The van der Waals surface area contributed by atoms with Crippen LogP contribution < -0.4 is 4.72 Å². The zero-order valence-electron chi connectivity index (χ0n) is 10.3. The van der Waals surface area contributed by atoms with E-state index in [4.69, 9.17) is 11.6 Å². The monoisotopic (exact) mass is 378 g/mol. The molecule has 1 heterocycles. The lowest BCUT2D eigenvalue weighted by molar-refractivity contribution is 0.578. The second-order valence-electron chi connectivity index (χ2n) is 4.01. The van der Waals surface area contributed by atoms with Crippen molar-refractivity contribution in [2.24, 2.45) is 0 Å². The molecule has 0 bridgehead atoms. The molecule has 108 valence electrons. The lowest BCUT2D eigenvalue weighted by atomic mass is 10.3. The van der Waals surface area contributed by atoms with Crippen LogP contribution >= 0.6 is 27.5 Å².